The number of likely N-dealkylation sites (N-methyl/N-ethyl adjacent to an activating group) is 1. The fraction of sp³-hybridized carbons (Fsp3) is 0.238. The van der Waals surface area contributed by atoms with E-state index >= 15 is 0 Å². The Hall–Kier alpha value is -3.88. The van der Waals surface area contributed by atoms with E-state index in [0.717, 1.165) is 11.6 Å². The van der Waals surface area contributed by atoms with Gasteiger partial charge in [-0.2, -0.15) is 0 Å². The lowest BCUT2D eigenvalue weighted by molar-refractivity contribution is -0.385. The quantitative estimate of drug-likeness (QED) is 0.284. The molecule has 9 heteroatoms. The third kappa shape index (κ3) is 5.13. The Morgan fingerprint density at radius 3 is 2.57 bits per heavy atom. The standard InChI is InChI=1S/C21H20N2O7/c1-2-22(12-15-6-4-3-5-7-15)20(24)13-28-21(25)9-8-16-10-18-19(30-14-29-18)11-17(16)23(26)27/h3-11H,2,12-14H2,1H3/b9-8+. The average Bonchev–Trinajstić information content (AvgIpc) is 3.21. The number of amides is 1. The molecule has 0 saturated carbocycles. The van der Waals surface area contributed by atoms with Crippen LogP contribution in [0.2, 0.25) is 0 Å². The fourth-order valence-electron chi connectivity index (χ4n) is 2.85. The summed E-state index contributed by atoms with van der Waals surface area (Å²) in [5.41, 5.74) is 0.889. The minimum absolute atomic E-state index is 0.0271. The predicted molar refractivity (Wildman–Crippen MR) is 107 cm³/mol. The molecule has 1 aliphatic rings. The number of esters is 1. The van der Waals surface area contributed by atoms with Gasteiger partial charge in [0, 0.05) is 19.2 Å². The van der Waals surface area contributed by atoms with Crippen molar-refractivity contribution in [3.63, 3.8) is 0 Å². The zero-order valence-corrected chi connectivity index (χ0v) is 16.3. The van der Waals surface area contributed by atoms with Gasteiger partial charge in [-0.3, -0.25) is 14.9 Å². The molecule has 2 aromatic carbocycles. The molecule has 9 nitrogen and oxygen atoms in total. The number of hydrogen-bond donors (Lipinski definition) is 0. The Labute approximate surface area is 172 Å². The van der Waals surface area contributed by atoms with Gasteiger partial charge in [-0.1, -0.05) is 30.3 Å². The Bertz CT molecular complexity index is 973. The summed E-state index contributed by atoms with van der Waals surface area (Å²) < 4.78 is 15.3. The van der Waals surface area contributed by atoms with Gasteiger partial charge in [0.05, 0.1) is 16.6 Å². The molecule has 0 atom stereocenters. The summed E-state index contributed by atoms with van der Waals surface area (Å²) >= 11 is 0. The summed E-state index contributed by atoms with van der Waals surface area (Å²) in [4.78, 5) is 36.6. The fourth-order valence-corrected chi connectivity index (χ4v) is 2.85. The van der Waals surface area contributed by atoms with Gasteiger partial charge in [0.1, 0.15) is 0 Å². The van der Waals surface area contributed by atoms with Crippen LogP contribution in [0.1, 0.15) is 18.1 Å². The van der Waals surface area contributed by atoms with Crippen molar-refractivity contribution in [2.75, 3.05) is 19.9 Å². The first-order valence-corrected chi connectivity index (χ1v) is 9.22. The zero-order chi connectivity index (χ0) is 21.5. The molecule has 0 saturated heterocycles. The predicted octanol–water partition coefficient (Wildman–Crippen LogP) is 2.93. The zero-order valence-electron chi connectivity index (χ0n) is 16.3. The Morgan fingerprint density at radius 2 is 1.90 bits per heavy atom. The van der Waals surface area contributed by atoms with Crippen molar-refractivity contribution in [3.8, 4) is 11.5 Å². The molecule has 1 amide bonds. The van der Waals surface area contributed by atoms with Crippen molar-refractivity contribution in [3.05, 3.63) is 69.8 Å². The number of nitrogens with zero attached hydrogens (tertiary/aromatic N) is 2. The first-order chi connectivity index (χ1) is 14.5. The highest BCUT2D eigenvalue weighted by Crippen LogP contribution is 2.38. The van der Waals surface area contributed by atoms with Crippen LogP contribution in [0, 0.1) is 10.1 Å². The van der Waals surface area contributed by atoms with E-state index in [0.29, 0.717) is 18.8 Å². The first-order valence-electron chi connectivity index (χ1n) is 9.22. The van der Waals surface area contributed by atoms with Gasteiger partial charge in [-0.15, -0.1) is 0 Å². The van der Waals surface area contributed by atoms with E-state index in [9.17, 15) is 19.7 Å². The molecule has 0 fully saturated rings. The number of nitro benzene ring substituents is 1. The minimum atomic E-state index is -0.786. The largest absolute Gasteiger partial charge is 0.454 e. The number of fused-ring (bicyclic) bond motifs is 1. The maximum Gasteiger partial charge on any atom is 0.331 e. The van der Waals surface area contributed by atoms with Gasteiger partial charge in [0.25, 0.3) is 11.6 Å². The summed E-state index contributed by atoms with van der Waals surface area (Å²) in [6.45, 7) is 2.26. The molecule has 156 valence electrons. The lowest BCUT2D eigenvalue weighted by Gasteiger charge is -2.20. The smallest absolute Gasteiger partial charge is 0.331 e. The molecule has 0 unspecified atom stereocenters. The third-order valence-electron chi connectivity index (χ3n) is 4.41. The van der Waals surface area contributed by atoms with Crippen molar-refractivity contribution in [1.29, 1.82) is 0 Å². The van der Waals surface area contributed by atoms with E-state index in [1.807, 2.05) is 37.3 Å². The van der Waals surface area contributed by atoms with Crippen molar-refractivity contribution in [2.24, 2.45) is 0 Å². The molecule has 0 N–H and O–H groups in total. The lowest BCUT2D eigenvalue weighted by atomic mass is 10.1. The second kappa shape index (κ2) is 9.55. The molecule has 3 rings (SSSR count). The molecular weight excluding hydrogens is 392 g/mol. The number of carbonyl (C=O) groups excluding carboxylic acids is 2. The molecule has 0 radical (unpaired) electrons. The summed E-state index contributed by atoms with van der Waals surface area (Å²) in [7, 11) is 0. The molecule has 0 aliphatic carbocycles. The number of carbonyl (C=O) groups is 2. The molecule has 1 heterocycles. The second-order valence-corrected chi connectivity index (χ2v) is 6.36. The van der Waals surface area contributed by atoms with Crippen LogP contribution >= 0.6 is 0 Å². The molecule has 1 aliphatic heterocycles. The summed E-state index contributed by atoms with van der Waals surface area (Å²) in [5, 5.41) is 11.2. The molecule has 0 bridgehead atoms. The molecular formula is C21H20N2O7. The van der Waals surface area contributed by atoms with Crippen molar-refractivity contribution in [1.82, 2.24) is 4.90 Å². The summed E-state index contributed by atoms with van der Waals surface area (Å²) in [6, 6.07) is 12.1. The van der Waals surface area contributed by atoms with Gasteiger partial charge >= 0.3 is 5.97 Å². The van der Waals surface area contributed by atoms with Gasteiger partial charge in [-0.25, -0.2) is 4.79 Å². The normalized spacial score (nSPS) is 12.0. The van der Waals surface area contributed by atoms with E-state index in [1.54, 1.807) is 4.90 Å². The molecule has 0 aromatic heterocycles. The van der Waals surface area contributed by atoms with Gasteiger partial charge < -0.3 is 19.1 Å². The van der Waals surface area contributed by atoms with Crippen LogP contribution in [0.15, 0.2) is 48.5 Å². The highest BCUT2D eigenvalue weighted by atomic mass is 16.7. The van der Waals surface area contributed by atoms with Gasteiger partial charge in [-0.05, 0) is 24.6 Å². The topological polar surface area (TPSA) is 108 Å². The molecule has 30 heavy (non-hydrogen) atoms. The van der Waals surface area contributed by atoms with Crippen molar-refractivity contribution >= 4 is 23.6 Å². The number of rotatable bonds is 8. The van der Waals surface area contributed by atoms with E-state index in [4.69, 9.17) is 14.2 Å². The lowest BCUT2D eigenvalue weighted by Crippen LogP contribution is -2.33. The van der Waals surface area contributed by atoms with E-state index in [1.165, 1.54) is 18.2 Å². The van der Waals surface area contributed by atoms with E-state index in [2.05, 4.69) is 0 Å². The summed E-state index contributed by atoms with van der Waals surface area (Å²) in [5.74, 6) is -0.503. The number of ether oxygens (including phenoxy) is 3. The molecule has 2 aromatic rings. The first kappa shape index (κ1) is 20.8. The van der Waals surface area contributed by atoms with Gasteiger partial charge in [0.2, 0.25) is 6.79 Å². The number of benzene rings is 2. The maximum atomic E-state index is 12.3. The van der Waals surface area contributed by atoms with Crippen LogP contribution in [0.5, 0.6) is 11.5 Å². The highest BCUT2D eigenvalue weighted by molar-refractivity contribution is 5.90. The second-order valence-electron chi connectivity index (χ2n) is 6.36. The Kier molecular flexibility index (Phi) is 6.63. The maximum absolute atomic E-state index is 12.3. The van der Waals surface area contributed by atoms with E-state index < -0.39 is 17.5 Å². The van der Waals surface area contributed by atoms with E-state index in [-0.39, 0.29) is 29.7 Å². The van der Waals surface area contributed by atoms with Crippen molar-refractivity contribution in [2.45, 2.75) is 13.5 Å². The Morgan fingerprint density at radius 1 is 1.20 bits per heavy atom. The molecule has 0 spiro atoms. The van der Waals surface area contributed by atoms with Crippen LogP contribution in [-0.2, 0) is 20.9 Å². The summed E-state index contributed by atoms with van der Waals surface area (Å²) in [6.07, 6.45) is 2.28. The van der Waals surface area contributed by atoms with Crippen molar-refractivity contribution < 1.29 is 28.7 Å². The Balaban J connectivity index is 1.59. The number of nitro groups is 1. The van der Waals surface area contributed by atoms with Crippen LogP contribution in [0.3, 0.4) is 0 Å². The minimum Gasteiger partial charge on any atom is -0.454 e. The van der Waals surface area contributed by atoms with Crippen LogP contribution < -0.4 is 9.47 Å². The third-order valence-corrected chi connectivity index (χ3v) is 4.41. The monoisotopic (exact) mass is 412 g/mol. The van der Waals surface area contributed by atoms with Crippen LogP contribution in [0.4, 0.5) is 5.69 Å². The highest BCUT2D eigenvalue weighted by Gasteiger charge is 2.22. The average molecular weight is 412 g/mol. The van der Waals surface area contributed by atoms with Crippen LogP contribution in [-0.4, -0.2) is 41.6 Å². The number of hydrogen-bond acceptors (Lipinski definition) is 7. The van der Waals surface area contributed by atoms with Crippen LogP contribution in [0.25, 0.3) is 6.08 Å². The van der Waals surface area contributed by atoms with Gasteiger partial charge in [0.15, 0.2) is 18.1 Å². The SMILES string of the molecule is CCN(Cc1ccccc1)C(=O)COC(=O)/C=C/c1cc2c(cc1[N+](=O)[O-])OCO2.